The van der Waals surface area contributed by atoms with Crippen LogP contribution in [-0.4, -0.2) is 30.1 Å². The highest BCUT2D eigenvalue weighted by molar-refractivity contribution is 5.79. The molecule has 1 aliphatic rings. The lowest BCUT2D eigenvalue weighted by Crippen LogP contribution is -2.42. The molecule has 1 fully saturated rings. The van der Waals surface area contributed by atoms with E-state index in [-0.39, 0.29) is 18.4 Å². The Morgan fingerprint density at radius 3 is 2.35 bits per heavy atom. The van der Waals surface area contributed by atoms with E-state index in [0.29, 0.717) is 31.7 Å². The van der Waals surface area contributed by atoms with Crippen molar-refractivity contribution in [2.45, 2.75) is 52.4 Å². The number of nitrogens with two attached hydrogens (primary N) is 1. The smallest absolute Gasteiger partial charge is 0.311 e. The van der Waals surface area contributed by atoms with Crippen molar-refractivity contribution in [3.05, 3.63) is 0 Å². The summed E-state index contributed by atoms with van der Waals surface area (Å²) in [5, 5.41) is 12.2. The Kier molecular flexibility index (Phi) is 6.46. The first kappa shape index (κ1) is 17.0. The predicted molar refractivity (Wildman–Crippen MR) is 78.2 cm³/mol. The predicted octanol–water partition coefficient (Wildman–Crippen LogP) is 1.76. The molecule has 4 N–H and O–H groups in total. The van der Waals surface area contributed by atoms with E-state index in [0.717, 1.165) is 19.3 Å². The van der Waals surface area contributed by atoms with Gasteiger partial charge in [-0.3, -0.25) is 9.59 Å². The Morgan fingerprint density at radius 1 is 1.30 bits per heavy atom. The molecule has 0 spiro atoms. The van der Waals surface area contributed by atoms with Crippen LogP contribution in [0, 0.1) is 17.3 Å². The van der Waals surface area contributed by atoms with Crippen LogP contribution in [0.5, 0.6) is 0 Å². The molecule has 20 heavy (non-hydrogen) atoms. The van der Waals surface area contributed by atoms with Gasteiger partial charge in [0.2, 0.25) is 5.91 Å². The maximum atomic E-state index is 12.0. The van der Waals surface area contributed by atoms with Gasteiger partial charge in [-0.2, -0.15) is 0 Å². The Hall–Kier alpha value is -1.10. The standard InChI is InChI=1S/C15H28N2O3/c1-11(2)7-12(9-16)8-13(18)17-10-15(14(19)20)5-3-4-6-15/h11-12H,3-10,16H2,1-2H3,(H,17,18)(H,19,20)/t12-/m0/s1. The van der Waals surface area contributed by atoms with E-state index in [4.69, 9.17) is 5.73 Å². The molecule has 1 saturated carbocycles. The van der Waals surface area contributed by atoms with Crippen LogP contribution in [0.25, 0.3) is 0 Å². The fourth-order valence-electron chi connectivity index (χ4n) is 3.05. The Labute approximate surface area is 121 Å². The Balaban J connectivity index is 2.43. The normalized spacial score (nSPS) is 19.0. The van der Waals surface area contributed by atoms with E-state index >= 15 is 0 Å². The molecule has 1 rings (SSSR count). The minimum atomic E-state index is -0.784. The molecule has 0 aliphatic heterocycles. The third-order valence-electron chi connectivity index (χ3n) is 4.25. The Morgan fingerprint density at radius 2 is 1.90 bits per heavy atom. The monoisotopic (exact) mass is 284 g/mol. The zero-order valence-electron chi connectivity index (χ0n) is 12.7. The maximum absolute atomic E-state index is 12.0. The van der Waals surface area contributed by atoms with Crippen molar-refractivity contribution in [2.75, 3.05) is 13.1 Å². The molecule has 0 unspecified atom stereocenters. The first-order valence-electron chi connectivity index (χ1n) is 7.60. The van der Waals surface area contributed by atoms with Gasteiger partial charge in [0.1, 0.15) is 0 Å². The molecular weight excluding hydrogens is 256 g/mol. The molecule has 1 atom stereocenters. The average molecular weight is 284 g/mol. The molecule has 5 heteroatoms. The van der Waals surface area contributed by atoms with Crippen LogP contribution in [0.4, 0.5) is 0 Å². The van der Waals surface area contributed by atoms with Gasteiger partial charge in [0.15, 0.2) is 0 Å². The fraction of sp³-hybridized carbons (Fsp3) is 0.867. The van der Waals surface area contributed by atoms with Gasteiger partial charge in [-0.05, 0) is 37.6 Å². The van der Waals surface area contributed by atoms with E-state index in [1.165, 1.54) is 0 Å². The van der Waals surface area contributed by atoms with Gasteiger partial charge in [0, 0.05) is 13.0 Å². The van der Waals surface area contributed by atoms with E-state index in [9.17, 15) is 14.7 Å². The number of carbonyl (C=O) groups excluding carboxylic acids is 1. The molecule has 5 nitrogen and oxygen atoms in total. The number of carboxylic acid groups (broad SMARTS) is 1. The minimum Gasteiger partial charge on any atom is -0.481 e. The summed E-state index contributed by atoms with van der Waals surface area (Å²) in [5.41, 5.74) is 4.94. The van der Waals surface area contributed by atoms with Gasteiger partial charge in [0.05, 0.1) is 5.41 Å². The summed E-state index contributed by atoms with van der Waals surface area (Å²) >= 11 is 0. The molecule has 0 saturated heterocycles. The van der Waals surface area contributed by atoms with Crippen molar-refractivity contribution in [2.24, 2.45) is 23.0 Å². The number of carboxylic acids is 1. The number of rotatable bonds is 8. The molecular formula is C15H28N2O3. The third kappa shape index (κ3) is 4.78. The number of carbonyl (C=O) groups is 2. The van der Waals surface area contributed by atoms with Gasteiger partial charge in [-0.25, -0.2) is 0 Å². The Bertz CT molecular complexity index is 336. The summed E-state index contributed by atoms with van der Waals surface area (Å²) in [6.45, 7) is 4.97. The van der Waals surface area contributed by atoms with Crippen LogP contribution in [0.2, 0.25) is 0 Å². The van der Waals surface area contributed by atoms with Crippen molar-refractivity contribution < 1.29 is 14.7 Å². The molecule has 116 valence electrons. The van der Waals surface area contributed by atoms with Crippen LogP contribution in [0.1, 0.15) is 52.4 Å². The van der Waals surface area contributed by atoms with E-state index < -0.39 is 11.4 Å². The van der Waals surface area contributed by atoms with Gasteiger partial charge in [0.25, 0.3) is 0 Å². The number of hydrogen-bond acceptors (Lipinski definition) is 3. The van der Waals surface area contributed by atoms with Crippen molar-refractivity contribution >= 4 is 11.9 Å². The van der Waals surface area contributed by atoms with Crippen molar-refractivity contribution in [3.8, 4) is 0 Å². The second-order valence-corrected chi connectivity index (χ2v) is 6.50. The highest BCUT2D eigenvalue weighted by atomic mass is 16.4. The number of hydrogen-bond donors (Lipinski definition) is 3. The fourth-order valence-corrected chi connectivity index (χ4v) is 3.05. The summed E-state index contributed by atoms with van der Waals surface area (Å²) in [7, 11) is 0. The summed E-state index contributed by atoms with van der Waals surface area (Å²) in [6.07, 6.45) is 4.50. The molecule has 0 aromatic rings. The van der Waals surface area contributed by atoms with Crippen molar-refractivity contribution in [3.63, 3.8) is 0 Å². The van der Waals surface area contributed by atoms with Crippen LogP contribution >= 0.6 is 0 Å². The quantitative estimate of drug-likeness (QED) is 0.633. The zero-order valence-corrected chi connectivity index (χ0v) is 12.7. The van der Waals surface area contributed by atoms with Crippen LogP contribution in [-0.2, 0) is 9.59 Å². The SMILES string of the molecule is CC(C)C[C@H](CN)CC(=O)NCC1(C(=O)O)CCCC1. The number of amides is 1. The van der Waals surface area contributed by atoms with Gasteiger partial charge in [-0.15, -0.1) is 0 Å². The molecule has 1 amide bonds. The molecule has 0 heterocycles. The minimum absolute atomic E-state index is 0.0753. The summed E-state index contributed by atoms with van der Waals surface area (Å²) in [5.74, 6) is -0.169. The number of aliphatic carboxylic acids is 1. The zero-order chi connectivity index (χ0) is 15.2. The average Bonchev–Trinajstić information content (AvgIpc) is 2.85. The lowest BCUT2D eigenvalue weighted by atomic mass is 9.86. The van der Waals surface area contributed by atoms with Crippen LogP contribution in [0.3, 0.4) is 0 Å². The highest BCUT2D eigenvalue weighted by Gasteiger charge is 2.41. The lowest BCUT2D eigenvalue weighted by Gasteiger charge is -2.24. The van der Waals surface area contributed by atoms with Gasteiger partial charge in [-0.1, -0.05) is 26.7 Å². The molecule has 0 radical (unpaired) electrons. The van der Waals surface area contributed by atoms with Gasteiger partial charge >= 0.3 is 5.97 Å². The van der Waals surface area contributed by atoms with Gasteiger partial charge < -0.3 is 16.2 Å². The molecule has 0 aromatic heterocycles. The van der Waals surface area contributed by atoms with Crippen molar-refractivity contribution in [1.82, 2.24) is 5.32 Å². The lowest BCUT2D eigenvalue weighted by molar-refractivity contribution is -0.148. The summed E-state index contributed by atoms with van der Waals surface area (Å²) < 4.78 is 0. The first-order valence-corrected chi connectivity index (χ1v) is 7.60. The van der Waals surface area contributed by atoms with Crippen LogP contribution < -0.4 is 11.1 Å². The largest absolute Gasteiger partial charge is 0.481 e. The maximum Gasteiger partial charge on any atom is 0.311 e. The van der Waals surface area contributed by atoms with Crippen LogP contribution in [0.15, 0.2) is 0 Å². The summed E-state index contributed by atoms with van der Waals surface area (Å²) in [6, 6.07) is 0. The number of nitrogens with one attached hydrogen (secondary N) is 1. The van der Waals surface area contributed by atoms with Crippen molar-refractivity contribution in [1.29, 1.82) is 0 Å². The summed E-state index contributed by atoms with van der Waals surface area (Å²) in [4.78, 5) is 23.3. The second kappa shape index (κ2) is 7.62. The molecule has 1 aliphatic carbocycles. The first-order chi connectivity index (χ1) is 9.39. The van der Waals surface area contributed by atoms with E-state index in [1.54, 1.807) is 0 Å². The van der Waals surface area contributed by atoms with E-state index in [1.807, 2.05) is 0 Å². The highest BCUT2D eigenvalue weighted by Crippen LogP contribution is 2.37. The molecule has 0 aromatic carbocycles. The second-order valence-electron chi connectivity index (χ2n) is 6.50. The topological polar surface area (TPSA) is 92.4 Å². The molecule has 0 bridgehead atoms. The third-order valence-corrected chi connectivity index (χ3v) is 4.25. The van der Waals surface area contributed by atoms with E-state index in [2.05, 4.69) is 19.2 Å².